The molecule has 2 aliphatic rings. The van der Waals surface area contributed by atoms with E-state index in [0.29, 0.717) is 18.0 Å². The largest absolute Gasteiger partial charge is 0.340 e. The normalized spacial score (nSPS) is 36.4. The second-order valence-corrected chi connectivity index (χ2v) is 3.92. The van der Waals surface area contributed by atoms with Gasteiger partial charge in [0.1, 0.15) is 0 Å². The number of carbonyl (C=O) groups is 1. The van der Waals surface area contributed by atoms with Crippen molar-refractivity contribution >= 4 is 5.91 Å². The number of hydrogen-bond acceptors (Lipinski definition) is 2. The van der Waals surface area contributed by atoms with E-state index in [-0.39, 0.29) is 0 Å². The quantitative estimate of drug-likeness (QED) is 0.572. The Morgan fingerprint density at radius 2 is 2.25 bits per heavy atom. The molecule has 3 nitrogen and oxygen atoms in total. The molecule has 2 aliphatic heterocycles. The van der Waals surface area contributed by atoms with Gasteiger partial charge in [-0.3, -0.25) is 4.79 Å². The first-order valence-corrected chi connectivity index (χ1v) is 4.82. The summed E-state index contributed by atoms with van der Waals surface area (Å²) in [6.07, 6.45) is 4.99. The number of nitrogens with two attached hydrogens (primary N) is 1. The van der Waals surface area contributed by atoms with Crippen LogP contribution in [0.3, 0.4) is 0 Å². The minimum Gasteiger partial charge on any atom is -0.340 e. The van der Waals surface area contributed by atoms with Gasteiger partial charge in [0.25, 0.3) is 0 Å². The van der Waals surface area contributed by atoms with E-state index in [1.807, 2.05) is 4.90 Å². The van der Waals surface area contributed by atoms with Crippen molar-refractivity contribution in [3.8, 4) is 0 Å². The second kappa shape index (κ2) is 3.05. The van der Waals surface area contributed by atoms with Crippen LogP contribution < -0.4 is 5.73 Å². The predicted molar refractivity (Wildman–Crippen MR) is 46.6 cm³/mol. The van der Waals surface area contributed by atoms with Gasteiger partial charge < -0.3 is 10.6 Å². The Morgan fingerprint density at radius 1 is 1.42 bits per heavy atom. The first kappa shape index (κ1) is 8.05. The maximum atomic E-state index is 11.4. The average molecular weight is 168 g/mol. The van der Waals surface area contributed by atoms with Gasteiger partial charge in [0.05, 0.1) is 0 Å². The summed E-state index contributed by atoms with van der Waals surface area (Å²) >= 11 is 0. The highest BCUT2D eigenvalue weighted by atomic mass is 16.2. The van der Waals surface area contributed by atoms with E-state index in [4.69, 9.17) is 5.73 Å². The van der Waals surface area contributed by atoms with Gasteiger partial charge in [0.2, 0.25) is 5.91 Å². The standard InChI is InChI=1S/C9H16N2O/c10-7-4-5-11-8(6-7)2-1-3-9(11)12/h7-8H,1-6,10H2. The van der Waals surface area contributed by atoms with Gasteiger partial charge in [-0.15, -0.1) is 0 Å². The third-order valence-electron chi connectivity index (χ3n) is 3.00. The van der Waals surface area contributed by atoms with Crippen molar-refractivity contribution in [3.63, 3.8) is 0 Å². The molecule has 68 valence electrons. The van der Waals surface area contributed by atoms with Crippen LogP contribution in [0.15, 0.2) is 0 Å². The van der Waals surface area contributed by atoms with Crippen molar-refractivity contribution in [1.82, 2.24) is 4.90 Å². The SMILES string of the molecule is NC1CCN2C(=O)CCCC2C1. The minimum absolute atomic E-state index is 0.331. The van der Waals surface area contributed by atoms with Gasteiger partial charge in [-0.1, -0.05) is 0 Å². The van der Waals surface area contributed by atoms with Crippen molar-refractivity contribution in [2.75, 3.05) is 6.54 Å². The molecule has 0 saturated carbocycles. The lowest BCUT2D eigenvalue weighted by atomic mass is 9.90. The van der Waals surface area contributed by atoms with E-state index in [9.17, 15) is 4.79 Å². The van der Waals surface area contributed by atoms with Gasteiger partial charge >= 0.3 is 0 Å². The van der Waals surface area contributed by atoms with Crippen LogP contribution in [0.2, 0.25) is 0 Å². The Bertz CT molecular complexity index is 193. The third kappa shape index (κ3) is 1.33. The van der Waals surface area contributed by atoms with Crippen molar-refractivity contribution in [3.05, 3.63) is 0 Å². The first-order valence-electron chi connectivity index (χ1n) is 4.82. The molecule has 0 aromatic carbocycles. The summed E-state index contributed by atoms with van der Waals surface area (Å²) in [6.45, 7) is 0.894. The average Bonchev–Trinajstić information content (AvgIpc) is 2.04. The molecule has 2 N–H and O–H groups in total. The number of carbonyl (C=O) groups excluding carboxylic acids is 1. The summed E-state index contributed by atoms with van der Waals surface area (Å²) in [5.74, 6) is 0.346. The number of amides is 1. The van der Waals surface area contributed by atoms with Crippen LogP contribution in [-0.2, 0) is 4.79 Å². The Morgan fingerprint density at radius 3 is 3.08 bits per heavy atom. The van der Waals surface area contributed by atoms with Crippen LogP contribution in [0.5, 0.6) is 0 Å². The molecule has 2 heterocycles. The van der Waals surface area contributed by atoms with E-state index < -0.39 is 0 Å². The van der Waals surface area contributed by atoms with Crippen LogP contribution in [0.25, 0.3) is 0 Å². The zero-order chi connectivity index (χ0) is 8.55. The monoisotopic (exact) mass is 168 g/mol. The van der Waals surface area contributed by atoms with Gasteiger partial charge in [-0.25, -0.2) is 0 Å². The molecule has 2 saturated heterocycles. The number of hydrogen-bond donors (Lipinski definition) is 1. The topological polar surface area (TPSA) is 46.3 Å². The molecule has 3 heteroatoms. The highest BCUT2D eigenvalue weighted by molar-refractivity contribution is 5.77. The summed E-state index contributed by atoms with van der Waals surface area (Å²) in [6, 6.07) is 0.798. The highest BCUT2D eigenvalue weighted by Gasteiger charge is 2.32. The van der Waals surface area contributed by atoms with E-state index in [2.05, 4.69) is 0 Å². The summed E-state index contributed by atoms with van der Waals surface area (Å²) < 4.78 is 0. The van der Waals surface area contributed by atoms with E-state index in [1.165, 1.54) is 6.42 Å². The maximum Gasteiger partial charge on any atom is 0.222 e. The summed E-state index contributed by atoms with van der Waals surface area (Å²) in [5.41, 5.74) is 5.85. The number of nitrogens with zero attached hydrogens (tertiary/aromatic N) is 1. The molecule has 0 aliphatic carbocycles. The van der Waals surface area contributed by atoms with Gasteiger partial charge in [0.15, 0.2) is 0 Å². The van der Waals surface area contributed by atoms with Crippen molar-refractivity contribution in [1.29, 1.82) is 0 Å². The van der Waals surface area contributed by atoms with Crippen molar-refractivity contribution < 1.29 is 4.79 Å². The van der Waals surface area contributed by atoms with Crippen LogP contribution in [0, 0.1) is 0 Å². The Kier molecular flexibility index (Phi) is 2.05. The lowest BCUT2D eigenvalue weighted by Crippen LogP contribution is -2.51. The molecular weight excluding hydrogens is 152 g/mol. The fourth-order valence-corrected chi connectivity index (χ4v) is 2.32. The molecular formula is C9H16N2O. The first-order chi connectivity index (χ1) is 5.77. The van der Waals surface area contributed by atoms with E-state index in [1.54, 1.807) is 0 Å². The zero-order valence-electron chi connectivity index (χ0n) is 7.33. The van der Waals surface area contributed by atoms with Crippen molar-refractivity contribution in [2.24, 2.45) is 5.73 Å². The smallest absolute Gasteiger partial charge is 0.222 e. The van der Waals surface area contributed by atoms with Crippen LogP contribution >= 0.6 is 0 Å². The summed E-state index contributed by atoms with van der Waals surface area (Å²) in [5, 5.41) is 0. The molecule has 0 aromatic heterocycles. The van der Waals surface area contributed by atoms with Crippen LogP contribution in [0.1, 0.15) is 32.1 Å². The highest BCUT2D eigenvalue weighted by Crippen LogP contribution is 2.25. The molecule has 2 rings (SSSR count). The summed E-state index contributed by atoms with van der Waals surface area (Å²) in [7, 11) is 0. The molecule has 0 radical (unpaired) electrons. The maximum absolute atomic E-state index is 11.4. The molecule has 2 fully saturated rings. The van der Waals surface area contributed by atoms with Crippen molar-refractivity contribution in [2.45, 2.75) is 44.2 Å². The number of piperidine rings is 2. The Labute approximate surface area is 72.9 Å². The third-order valence-corrected chi connectivity index (χ3v) is 3.00. The zero-order valence-corrected chi connectivity index (χ0v) is 7.33. The fraction of sp³-hybridized carbons (Fsp3) is 0.889. The Balaban J connectivity index is 2.04. The van der Waals surface area contributed by atoms with Crippen LogP contribution in [0.4, 0.5) is 0 Å². The number of fused-ring (bicyclic) bond motifs is 1. The molecule has 0 bridgehead atoms. The summed E-state index contributed by atoms with van der Waals surface area (Å²) in [4.78, 5) is 13.5. The van der Waals surface area contributed by atoms with E-state index >= 15 is 0 Å². The Hall–Kier alpha value is -0.570. The second-order valence-electron chi connectivity index (χ2n) is 3.92. The van der Waals surface area contributed by atoms with Gasteiger partial charge in [0, 0.05) is 25.0 Å². The van der Waals surface area contributed by atoms with Crippen LogP contribution in [-0.4, -0.2) is 29.4 Å². The molecule has 1 amide bonds. The van der Waals surface area contributed by atoms with Gasteiger partial charge in [-0.05, 0) is 25.7 Å². The minimum atomic E-state index is 0.331. The lowest BCUT2D eigenvalue weighted by molar-refractivity contribution is -0.138. The molecule has 2 atom stereocenters. The molecule has 0 aromatic rings. The lowest BCUT2D eigenvalue weighted by Gasteiger charge is -2.41. The molecule has 2 unspecified atom stereocenters. The predicted octanol–water partition coefficient (Wildman–Crippen LogP) is 0.489. The number of rotatable bonds is 0. The molecule has 12 heavy (non-hydrogen) atoms. The fourth-order valence-electron chi connectivity index (χ4n) is 2.32. The van der Waals surface area contributed by atoms with Gasteiger partial charge in [-0.2, -0.15) is 0 Å². The van der Waals surface area contributed by atoms with E-state index in [0.717, 1.165) is 32.2 Å². The molecule has 0 spiro atoms.